The van der Waals surface area contributed by atoms with Crippen LogP contribution in [0.4, 0.5) is 5.95 Å². The summed E-state index contributed by atoms with van der Waals surface area (Å²) in [5, 5.41) is 9.56. The molecule has 1 amide bonds. The van der Waals surface area contributed by atoms with E-state index in [9.17, 15) is 4.79 Å². The second-order valence-corrected chi connectivity index (χ2v) is 6.79. The summed E-state index contributed by atoms with van der Waals surface area (Å²) in [4.78, 5) is 23.6. The molecule has 138 valence electrons. The van der Waals surface area contributed by atoms with Gasteiger partial charge in [0.2, 0.25) is 11.9 Å². The molecular formula is C18H24N6O2. The Balaban J connectivity index is 1.44. The lowest BCUT2D eigenvalue weighted by atomic mass is 10.0. The molecule has 0 radical (unpaired) electrons. The molecule has 2 aliphatic rings. The molecule has 2 atom stereocenters. The molecule has 8 nitrogen and oxygen atoms in total. The number of nitrogens with one attached hydrogen (secondary N) is 3. The summed E-state index contributed by atoms with van der Waals surface area (Å²) >= 11 is 0. The molecule has 3 N–H and O–H groups in total. The summed E-state index contributed by atoms with van der Waals surface area (Å²) in [6, 6.07) is 3.62. The molecule has 0 aliphatic carbocycles. The Labute approximate surface area is 152 Å². The standard InChI is InChI=1S/C18H24N6O2/c1-12-14(11-20-18(21-12)24-6-2-3-7-24)15-9-16(25)23-17(22-15)19-10-13-5-4-8-26-13/h4-5,8,11,15,17,19,22H,2-3,6-7,9-10H2,1H3,(H,23,25). The number of furan rings is 1. The Kier molecular flexibility index (Phi) is 4.85. The van der Waals surface area contributed by atoms with Crippen molar-refractivity contribution in [3.8, 4) is 0 Å². The van der Waals surface area contributed by atoms with Gasteiger partial charge in [-0.3, -0.25) is 15.4 Å². The minimum Gasteiger partial charge on any atom is -0.468 e. The smallest absolute Gasteiger partial charge is 0.225 e. The van der Waals surface area contributed by atoms with Crippen LogP contribution in [0.5, 0.6) is 0 Å². The number of hydrogen-bond donors (Lipinski definition) is 3. The van der Waals surface area contributed by atoms with Gasteiger partial charge in [0.15, 0.2) is 0 Å². The van der Waals surface area contributed by atoms with Gasteiger partial charge in [-0.05, 0) is 31.9 Å². The number of amides is 1. The molecule has 2 saturated heterocycles. The lowest BCUT2D eigenvalue weighted by Crippen LogP contribution is -2.59. The zero-order valence-corrected chi connectivity index (χ0v) is 14.9. The summed E-state index contributed by atoms with van der Waals surface area (Å²) in [7, 11) is 0. The first-order valence-corrected chi connectivity index (χ1v) is 9.09. The first kappa shape index (κ1) is 17.0. The number of aromatic nitrogens is 2. The molecule has 2 unspecified atom stereocenters. The molecule has 0 bridgehead atoms. The fourth-order valence-corrected chi connectivity index (χ4v) is 3.51. The second-order valence-electron chi connectivity index (χ2n) is 6.79. The zero-order chi connectivity index (χ0) is 17.9. The van der Waals surface area contributed by atoms with Crippen molar-refractivity contribution in [3.05, 3.63) is 41.6 Å². The van der Waals surface area contributed by atoms with Gasteiger partial charge in [-0.2, -0.15) is 0 Å². The van der Waals surface area contributed by atoms with E-state index in [1.165, 1.54) is 12.8 Å². The number of hydrogen-bond acceptors (Lipinski definition) is 7. The van der Waals surface area contributed by atoms with Gasteiger partial charge in [0, 0.05) is 43.0 Å². The highest BCUT2D eigenvalue weighted by Gasteiger charge is 2.28. The number of carbonyl (C=O) groups excluding carboxylic acids is 1. The van der Waals surface area contributed by atoms with Crippen LogP contribution in [-0.2, 0) is 11.3 Å². The van der Waals surface area contributed by atoms with Crippen molar-refractivity contribution in [2.45, 2.75) is 45.1 Å². The zero-order valence-electron chi connectivity index (χ0n) is 14.9. The summed E-state index contributed by atoms with van der Waals surface area (Å²) in [6.07, 6.45) is 5.91. The van der Waals surface area contributed by atoms with Crippen molar-refractivity contribution in [1.29, 1.82) is 0 Å². The lowest BCUT2D eigenvalue weighted by Gasteiger charge is -2.32. The van der Waals surface area contributed by atoms with Crippen LogP contribution in [0.3, 0.4) is 0 Å². The topological polar surface area (TPSA) is 95.3 Å². The molecule has 0 saturated carbocycles. The third kappa shape index (κ3) is 3.71. The van der Waals surface area contributed by atoms with E-state index in [-0.39, 0.29) is 18.2 Å². The minimum atomic E-state index is -0.330. The van der Waals surface area contributed by atoms with E-state index in [1.807, 2.05) is 25.3 Å². The van der Waals surface area contributed by atoms with E-state index in [2.05, 4.69) is 30.8 Å². The fourth-order valence-electron chi connectivity index (χ4n) is 3.51. The van der Waals surface area contributed by atoms with Crippen LogP contribution in [0.1, 0.15) is 42.3 Å². The monoisotopic (exact) mass is 356 g/mol. The first-order valence-electron chi connectivity index (χ1n) is 9.09. The number of aryl methyl sites for hydroxylation is 1. The van der Waals surface area contributed by atoms with Gasteiger partial charge in [-0.1, -0.05) is 0 Å². The van der Waals surface area contributed by atoms with Gasteiger partial charge in [-0.25, -0.2) is 9.97 Å². The molecular weight excluding hydrogens is 332 g/mol. The Morgan fingerprint density at radius 3 is 2.96 bits per heavy atom. The molecule has 2 aliphatic heterocycles. The molecule has 26 heavy (non-hydrogen) atoms. The van der Waals surface area contributed by atoms with Gasteiger partial charge in [0.05, 0.1) is 12.8 Å². The second kappa shape index (κ2) is 7.43. The molecule has 2 aromatic rings. The van der Waals surface area contributed by atoms with Gasteiger partial charge in [-0.15, -0.1) is 0 Å². The van der Waals surface area contributed by atoms with Gasteiger partial charge >= 0.3 is 0 Å². The maximum atomic E-state index is 12.1. The largest absolute Gasteiger partial charge is 0.468 e. The van der Waals surface area contributed by atoms with Crippen molar-refractivity contribution in [3.63, 3.8) is 0 Å². The number of rotatable bonds is 5. The fraction of sp³-hybridized carbons (Fsp3) is 0.500. The van der Waals surface area contributed by atoms with Gasteiger partial charge < -0.3 is 14.6 Å². The Morgan fingerprint density at radius 1 is 1.38 bits per heavy atom. The summed E-state index contributed by atoms with van der Waals surface area (Å²) in [5.41, 5.74) is 1.88. The molecule has 2 fully saturated rings. The maximum Gasteiger partial charge on any atom is 0.225 e. The van der Waals surface area contributed by atoms with E-state index < -0.39 is 0 Å². The van der Waals surface area contributed by atoms with Crippen molar-refractivity contribution >= 4 is 11.9 Å². The SMILES string of the molecule is Cc1nc(N2CCCC2)ncc1C1CC(=O)NC(NCc2ccco2)N1. The van der Waals surface area contributed by atoms with Crippen LogP contribution in [-0.4, -0.2) is 35.3 Å². The highest BCUT2D eigenvalue weighted by molar-refractivity contribution is 5.78. The number of nitrogens with zero attached hydrogens (tertiary/aromatic N) is 3. The Bertz CT molecular complexity index is 757. The molecule has 8 heteroatoms. The van der Waals surface area contributed by atoms with E-state index in [1.54, 1.807) is 6.26 Å². The average Bonchev–Trinajstić information content (AvgIpc) is 3.33. The summed E-state index contributed by atoms with van der Waals surface area (Å²) in [6.45, 7) is 4.54. The van der Waals surface area contributed by atoms with Gasteiger partial charge in [0.25, 0.3) is 0 Å². The Morgan fingerprint density at radius 2 is 2.23 bits per heavy atom. The number of carbonyl (C=O) groups is 1. The van der Waals surface area contributed by atoms with Crippen LogP contribution < -0.4 is 20.9 Å². The normalized spacial score (nSPS) is 23.3. The van der Waals surface area contributed by atoms with Crippen LogP contribution in [0.15, 0.2) is 29.0 Å². The van der Waals surface area contributed by atoms with Crippen molar-refractivity contribution < 1.29 is 9.21 Å². The maximum absolute atomic E-state index is 12.1. The van der Waals surface area contributed by atoms with Crippen molar-refractivity contribution in [1.82, 2.24) is 25.9 Å². The minimum absolute atomic E-state index is 0.00582. The Hall–Kier alpha value is -2.45. The third-order valence-corrected chi connectivity index (χ3v) is 4.89. The van der Waals surface area contributed by atoms with E-state index >= 15 is 0 Å². The molecule has 2 aromatic heterocycles. The summed E-state index contributed by atoms with van der Waals surface area (Å²) < 4.78 is 5.32. The quantitative estimate of drug-likeness (QED) is 0.741. The van der Waals surface area contributed by atoms with E-state index in [0.717, 1.165) is 36.1 Å². The van der Waals surface area contributed by atoms with Crippen LogP contribution >= 0.6 is 0 Å². The van der Waals surface area contributed by atoms with Crippen molar-refractivity contribution in [2.24, 2.45) is 0 Å². The first-order chi connectivity index (χ1) is 12.7. The lowest BCUT2D eigenvalue weighted by molar-refractivity contribution is -0.125. The number of anilines is 1. The molecule has 0 spiro atoms. The van der Waals surface area contributed by atoms with Crippen LogP contribution in [0.25, 0.3) is 0 Å². The molecule has 4 heterocycles. The molecule has 0 aromatic carbocycles. The highest BCUT2D eigenvalue weighted by atomic mass is 16.3. The summed E-state index contributed by atoms with van der Waals surface area (Å²) in [5.74, 6) is 1.60. The highest BCUT2D eigenvalue weighted by Crippen LogP contribution is 2.24. The van der Waals surface area contributed by atoms with Gasteiger partial charge in [0.1, 0.15) is 12.0 Å². The van der Waals surface area contributed by atoms with E-state index in [4.69, 9.17) is 4.42 Å². The average molecular weight is 356 g/mol. The molecule has 4 rings (SSSR count). The predicted molar refractivity (Wildman–Crippen MR) is 96.2 cm³/mol. The third-order valence-electron chi connectivity index (χ3n) is 4.89. The van der Waals surface area contributed by atoms with Crippen LogP contribution in [0.2, 0.25) is 0 Å². The van der Waals surface area contributed by atoms with Crippen LogP contribution in [0, 0.1) is 6.92 Å². The van der Waals surface area contributed by atoms with Crippen molar-refractivity contribution in [2.75, 3.05) is 18.0 Å². The van der Waals surface area contributed by atoms with E-state index in [0.29, 0.717) is 13.0 Å². The predicted octanol–water partition coefficient (Wildman–Crippen LogP) is 1.20.